The van der Waals surface area contributed by atoms with Crippen molar-refractivity contribution < 1.29 is 14.7 Å². The number of hydrogen-bond acceptors (Lipinski definition) is 7. The fourth-order valence-corrected chi connectivity index (χ4v) is 5.06. The average Bonchev–Trinajstić information content (AvgIpc) is 3.65. The number of aryl methyl sites for hydroxylation is 1. The Morgan fingerprint density at radius 1 is 0.972 bits per heavy atom. The summed E-state index contributed by atoms with van der Waals surface area (Å²) >= 11 is 0. The van der Waals surface area contributed by atoms with Crippen LogP contribution in [0.1, 0.15) is 72.0 Å². The van der Waals surface area contributed by atoms with Gasteiger partial charge in [-0.1, -0.05) is 11.2 Å². The Labute approximate surface area is 207 Å². The largest absolute Gasteiger partial charge is 0.385 e. The molecule has 1 aliphatic carbocycles. The Morgan fingerprint density at radius 3 is 2.72 bits per heavy atom. The van der Waals surface area contributed by atoms with Crippen LogP contribution < -0.4 is 0 Å². The lowest BCUT2D eigenvalue weighted by Gasteiger charge is -2.11. The topological polar surface area (TPSA) is 119 Å². The lowest BCUT2D eigenvalue weighted by atomic mass is 9.96. The summed E-state index contributed by atoms with van der Waals surface area (Å²) in [5.41, 5.74) is 4.50. The monoisotopic (exact) mass is 487 g/mol. The maximum atomic E-state index is 11.1. The first kappa shape index (κ1) is 22.7. The maximum Gasteiger partial charge on any atom is 0.140 e. The smallest absolute Gasteiger partial charge is 0.140 e. The summed E-state index contributed by atoms with van der Waals surface area (Å²) in [6, 6.07) is 5.87. The van der Waals surface area contributed by atoms with Crippen molar-refractivity contribution in [1.29, 1.82) is 0 Å². The second kappa shape index (κ2) is 9.36. The Balaban J connectivity index is 1.21. The zero-order valence-corrected chi connectivity index (χ0v) is 20.2. The molecular formula is C26H29N7O3. The maximum absolute atomic E-state index is 11.1. The summed E-state index contributed by atoms with van der Waals surface area (Å²) in [6.07, 6.45) is 12.1. The van der Waals surface area contributed by atoms with Crippen LogP contribution in [-0.4, -0.2) is 43.9 Å². The van der Waals surface area contributed by atoms with E-state index in [4.69, 9.17) is 4.52 Å². The SMILES string of the molecule is CC(O)c1nc(CC(O)c2nccn2Cc2cn3ccccc3n2)cn1Cc1noc2c1CCCC2. The van der Waals surface area contributed by atoms with Gasteiger partial charge in [-0.3, -0.25) is 0 Å². The van der Waals surface area contributed by atoms with E-state index in [0.29, 0.717) is 30.4 Å². The molecule has 0 saturated carbocycles. The Morgan fingerprint density at radius 2 is 1.86 bits per heavy atom. The van der Waals surface area contributed by atoms with Crippen LogP contribution in [0.5, 0.6) is 0 Å². The zero-order chi connectivity index (χ0) is 24.6. The Hall–Kier alpha value is -3.76. The van der Waals surface area contributed by atoms with E-state index in [0.717, 1.165) is 48.5 Å². The van der Waals surface area contributed by atoms with E-state index in [1.807, 2.05) is 56.5 Å². The second-order valence-corrected chi connectivity index (χ2v) is 9.46. The number of aliphatic hydroxyl groups excluding tert-OH is 2. The van der Waals surface area contributed by atoms with Crippen molar-refractivity contribution in [2.24, 2.45) is 0 Å². The predicted molar refractivity (Wildman–Crippen MR) is 130 cm³/mol. The fourth-order valence-electron chi connectivity index (χ4n) is 5.06. The molecular weight excluding hydrogens is 458 g/mol. The van der Waals surface area contributed by atoms with Gasteiger partial charge in [0.15, 0.2) is 0 Å². The molecule has 10 nitrogen and oxygen atoms in total. The van der Waals surface area contributed by atoms with Gasteiger partial charge in [-0.25, -0.2) is 15.0 Å². The molecule has 1 aliphatic rings. The van der Waals surface area contributed by atoms with Crippen molar-refractivity contribution in [3.63, 3.8) is 0 Å². The van der Waals surface area contributed by atoms with Crippen LogP contribution in [-0.2, 0) is 32.4 Å². The number of aromatic nitrogens is 7. The third kappa shape index (κ3) is 4.33. The molecule has 0 bridgehead atoms. The molecule has 0 spiro atoms. The molecule has 5 aromatic heterocycles. The highest BCUT2D eigenvalue weighted by Crippen LogP contribution is 2.26. The van der Waals surface area contributed by atoms with E-state index >= 15 is 0 Å². The van der Waals surface area contributed by atoms with Crippen LogP contribution in [0.4, 0.5) is 0 Å². The van der Waals surface area contributed by atoms with E-state index in [1.54, 1.807) is 13.1 Å². The van der Waals surface area contributed by atoms with Crippen LogP contribution in [0.15, 0.2) is 53.7 Å². The highest BCUT2D eigenvalue weighted by molar-refractivity contribution is 5.39. The molecule has 10 heteroatoms. The highest BCUT2D eigenvalue weighted by Gasteiger charge is 2.23. The molecule has 2 N–H and O–H groups in total. The van der Waals surface area contributed by atoms with Crippen molar-refractivity contribution in [1.82, 2.24) is 33.6 Å². The Kier molecular flexibility index (Phi) is 5.90. The molecule has 0 fully saturated rings. The third-order valence-electron chi connectivity index (χ3n) is 6.78. The van der Waals surface area contributed by atoms with Gasteiger partial charge in [0.25, 0.3) is 0 Å². The number of aliphatic hydroxyl groups is 2. The first-order valence-corrected chi connectivity index (χ1v) is 12.4. The predicted octanol–water partition coefficient (Wildman–Crippen LogP) is 3.02. The molecule has 186 valence electrons. The van der Waals surface area contributed by atoms with Crippen molar-refractivity contribution in [3.05, 3.63) is 89.2 Å². The minimum absolute atomic E-state index is 0.270. The first-order chi connectivity index (χ1) is 17.5. The van der Waals surface area contributed by atoms with Crippen molar-refractivity contribution in [2.75, 3.05) is 0 Å². The van der Waals surface area contributed by atoms with Crippen molar-refractivity contribution in [3.8, 4) is 0 Å². The second-order valence-electron chi connectivity index (χ2n) is 9.46. The van der Waals surface area contributed by atoms with E-state index in [2.05, 4.69) is 20.1 Å². The molecule has 2 unspecified atom stereocenters. The summed E-state index contributed by atoms with van der Waals surface area (Å²) in [7, 11) is 0. The summed E-state index contributed by atoms with van der Waals surface area (Å²) in [6.45, 7) is 2.67. The van der Waals surface area contributed by atoms with Gasteiger partial charge in [-0.15, -0.1) is 0 Å². The minimum atomic E-state index is -0.859. The molecule has 0 radical (unpaired) electrons. The number of nitrogens with zero attached hydrogens (tertiary/aromatic N) is 7. The summed E-state index contributed by atoms with van der Waals surface area (Å²) in [5.74, 6) is 2.06. The number of hydrogen-bond donors (Lipinski definition) is 2. The van der Waals surface area contributed by atoms with Crippen molar-refractivity contribution >= 4 is 5.65 Å². The number of rotatable bonds is 8. The van der Waals surface area contributed by atoms with E-state index in [9.17, 15) is 10.2 Å². The quantitative estimate of drug-likeness (QED) is 0.345. The van der Waals surface area contributed by atoms with Crippen LogP contribution in [0.3, 0.4) is 0 Å². The van der Waals surface area contributed by atoms with Gasteiger partial charge in [0, 0.05) is 49.4 Å². The van der Waals surface area contributed by atoms with Gasteiger partial charge < -0.3 is 28.3 Å². The van der Waals surface area contributed by atoms with Gasteiger partial charge in [-0.2, -0.15) is 0 Å². The number of imidazole rings is 3. The van der Waals surface area contributed by atoms with Crippen LogP contribution in [0, 0.1) is 0 Å². The minimum Gasteiger partial charge on any atom is -0.385 e. The molecule has 0 aliphatic heterocycles. The lowest BCUT2D eigenvalue weighted by Crippen LogP contribution is -2.12. The van der Waals surface area contributed by atoms with E-state index < -0.39 is 12.2 Å². The third-order valence-corrected chi connectivity index (χ3v) is 6.78. The van der Waals surface area contributed by atoms with Gasteiger partial charge in [0.2, 0.25) is 0 Å². The number of pyridine rings is 1. The van der Waals surface area contributed by atoms with Gasteiger partial charge >= 0.3 is 0 Å². The molecule has 0 saturated heterocycles. The normalized spacial score (nSPS) is 15.3. The number of fused-ring (bicyclic) bond motifs is 2. The van der Waals surface area contributed by atoms with E-state index in [-0.39, 0.29) is 6.42 Å². The zero-order valence-electron chi connectivity index (χ0n) is 20.2. The molecule has 0 amide bonds. The van der Waals surface area contributed by atoms with Crippen LogP contribution in [0.25, 0.3) is 5.65 Å². The van der Waals surface area contributed by atoms with Gasteiger partial charge in [0.1, 0.15) is 41.0 Å². The summed E-state index contributed by atoms with van der Waals surface area (Å²) < 4.78 is 11.3. The molecule has 5 aromatic rings. The van der Waals surface area contributed by atoms with Gasteiger partial charge in [-0.05, 0) is 38.3 Å². The first-order valence-electron chi connectivity index (χ1n) is 12.4. The fraction of sp³-hybridized carbons (Fsp3) is 0.385. The highest BCUT2D eigenvalue weighted by atomic mass is 16.5. The molecule has 0 aromatic carbocycles. The van der Waals surface area contributed by atoms with Crippen LogP contribution in [0.2, 0.25) is 0 Å². The lowest BCUT2D eigenvalue weighted by molar-refractivity contribution is 0.162. The average molecular weight is 488 g/mol. The van der Waals surface area contributed by atoms with Crippen molar-refractivity contribution in [2.45, 2.75) is 64.3 Å². The summed E-state index contributed by atoms with van der Waals surface area (Å²) in [5, 5.41) is 25.7. The summed E-state index contributed by atoms with van der Waals surface area (Å²) in [4.78, 5) is 13.7. The molecule has 2 atom stereocenters. The molecule has 6 rings (SSSR count). The van der Waals surface area contributed by atoms with Crippen LogP contribution >= 0.6 is 0 Å². The molecule has 5 heterocycles. The standard InChI is InChI=1S/C26H29N7O3/c1-17(34)25-29-18(13-33(25)16-21-20-6-2-3-7-23(20)36-30-21)12-22(35)26-27-9-11-32(26)15-19-14-31-10-5-4-8-24(31)28-19/h4-5,8-11,13-14,17,22,34-35H,2-3,6-7,12,15-16H2,1H3. The molecule has 36 heavy (non-hydrogen) atoms. The van der Waals surface area contributed by atoms with E-state index in [1.165, 1.54) is 5.56 Å². The Bertz CT molecular complexity index is 1460. The van der Waals surface area contributed by atoms with Gasteiger partial charge in [0.05, 0.1) is 24.5 Å².